The van der Waals surface area contributed by atoms with E-state index in [0.29, 0.717) is 5.69 Å². The molecule has 0 aliphatic rings. The highest BCUT2D eigenvalue weighted by Crippen LogP contribution is 2.30. The van der Waals surface area contributed by atoms with Gasteiger partial charge in [-0.3, -0.25) is 4.98 Å². The van der Waals surface area contributed by atoms with Gasteiger partial charge in [-0.2, -0.15) is 0 Å². The first-order valence-corrected chi connectivity index (χ1v) is 6.68. The lowest BCUT2D eigenvalue weighted by Gasteiger charge is -2.32. The number of aliphatic hydroxyl groups excluding tert-OH is 1. The molecule has 0 radical (unpaired) electrons. The zero-order valence-electron chi connectivity index (χ0n) is 11.5. The molecule has 2 aromatic rings. The molecule has 4 N–H and O–H groups in total. The second kappa shape index (κ2) is 5.45. The lowest BCUT2D eigenvalue weighted by Crippen LogP contribution is -2.40. The molecule has 0 aliphatic carbocycles. The van der Waals surface area contributed by atoms with E-state index < -0.39 is 0 Å². The molecule has 4 nitrogen and oxygen atoms in total. The van der Waals surface area contributed by atoms with E-state index in [1.54, 1.807) is 6.20 Å². The monoisotopic (exact) mass is 259 g/mol. The van der Waals surface area contributed by atoms with Crippen LogP contribution in [0.3, 0.4) is 0 Å². The predicted molar refractivity (Wildman–Crippen MR) is 80.2 cm³/mol. The van der Waals surface area contributed by atoms with Gasteiger partial charge in [0.2, 0.25) is 0 Å². The second-order valence-corrected chi connectivity index (χ2v) is 4.87. The van der Waals surface area contributed by atoms with E-state index in [-0.39, 0.29) is 12.1 Å². The lowest BCUT2D eigenvalue weighted by molar-refractivity contribution is 0.202. The summed E-state index contributed by atoms with van der Waals surface area (Å²) >= 11 is 0. The quantitative estimate of drug-likeness (QED) is 0.722. The Morgan fingerprint density at radius 1 is 1.26 bits per heavy atom. The van der Waals surface area contributed by atoms with Crippen LogP contribution in [0.15, 0.2) is 30.5 Å². The molecule has 0 spiro atoms. The number of benzene rings is 1. The van der Waals surface area contributed by atoms with Gasteiger partial charge in [-0.05, 0) is 37.1 Å². The molecule has 0 fully saturated rings. The van der Waals surface area contributed by atoms with Crippen molar-refractivity contribution >= 4 is 22.3 Å². The van der Waals surface area contributed by atoms with E-state index in [0.717, 1.165) is 29.4 Å². The number of fused-ring (bicyclic) bond motifs is 1. The molecular formula is C15H21N3O. The van der Waals surface area contributed by atoms with Crippen molar-refractivity contribution in [3.05, 3.63) is 30.5 Å². The van der Waals surface area contributed by atoms with Crippen molar-refractivity contribution in [1.82, 2.24) is 4.98 Å². The number of aliphatic hydroxyl groups is 1. The van der Waals surface area contributed by atoms with Crippen LogP contribution in [0.2, 0.25) is 0 Å². The lowest BCUT2D eigenvalue weighted by atomic mass is 9.93. The molecular weight excluding hydrogens is 238 g/mol. The standard InChI is InChI=1S/C15H21N3O/c1-3-15(4-2,10-19)18-13-8-7-12(16)14-11(13)6-5-9-17-14/h5-9,18-19H,3-4,10,16H2,1-2H3. The van der Waals surface area contributed by atoms with E-state index in [9.17, 15) is 5.11 Å². The Bertz CT molecular complexity index is 556. The van der Waals surface area contributed by atoms with Crippen molar-refractivity contribution in [3.8, 4) is 0 Å². The molecule has 1 aromatic heterocycles. The molecule has 0 atom stereocenters. The van der Waals surface area contributed by atoms with E-state index in [1.807, 2.05) is 24.3 Å². The third-order valence-electron chi connectivity index (χ3n) is 3.86. The maximum absolute atomic E-state index is 9.66. The Hall–Kier alpha value is -1.81. The maximum Gasteiger partial charge on any atom is 0.0951 e. The molecule has 0 saturated heterocycles. The molecule has 102 valence electrons. The smallest absolute Gasteiger partial charge is 0.0951 e. The van der Waals surface area contributed by atoms with Crippen molar-refractivity contribution < 1.29 is 5.11 Å². The minimum Gasteiger partial charge on any atom is -0.397 e. The molecule has 4 heteroatoms. The van der Waals surface area contributed by atoms with Gasteiger partial charge >= 0.3 is 0 Å². The minimum atomic E-state index is -0.293. The van der Waals surface area contributed by atoms with Gasteiger partial charge in [-0.15, -0.1) is 0 Å². The van der Waals surface area contributed by atoms with Gasteiger partial charge in [0.25, 0.3) is 0 Å². The molecule has 0 saturated carbocycles. The molecule has 0 amide bonds. The number of nitrogens with zero attached hydrogens (tertiary/aromatic N) is 1. The minimum absolute atomic E-state index is 0.103. The number of anilines is 2. The Labute approximate surface area is 113 Å². The number of nitrogens with one attached hydrogen (secondary N) is 1. The van der Waals surface area contributed by atoms with E-state index in [1.165, 1.54) is 0 Å². The third-order valence-corrected chi connectivity index (χ3v) is 3.86. The van der Waals surface area contributed by atoms with Crippen molar-refractivity contribution in [2.75, 3.05) is 17.7 Å². The van der Waals surface area contributed by atoms with Crippen LogP contribution in [0.5, 0.6) is 0 Å². The van der Waals surface area contributed by atoms with Gasteiger partial charge in [0.15, 0.2) is 0 Å². The van der Waals surface area contributed by atoms with Crippen LogP contribution in [-0.4, -0.2) is 22.2 Å². The van der Waals surface area contributed by atoms with Gasteiger partial charge in [0.1, 0.15) is 0 Å². The van der Waals surface area contributed by atoms with Crippen molar-refractivity contribution in [3.63, 3.8) is 0 Å². The first-order chi connectivity index (χ1) is 9.15. The van der Waals surface area contributed by atoms with Crippen LogP contribution in [-0.2, 0) is 0 Å². The van der Waals surface area contributed by atoms with Gasteiger partial charge in [0, 0.05) is 17.3 Å². The average molecular weight is 259 g/mol. The first kappa shape index (κ1) is 13.6. The summed E-state index contributed by atoms with van der Waals surface area (Å²) in [4.78, 5) is 4.32. The summed E-state index contributed by atoms with van der Waals surface area (Å²) in [5.74, 6) is 0. The zero-order chi connectivity index (χ0) is 13.9. The zero-order valence-corrected chi connectivity index (χ0v) is 11.5. The van der Waals surface area contributed by atoms with Crippen LogP contribution >= 0.6 is 0 Å². The highest BCUT2D eigenvalue weighted by Gasteiger charge is 2.25. The maximum atomic E-state index is 9.66. The van der Waals surface area contributed by atoms with Crippen LogP contribution in [0.1, 0.15) is 26.7 Å². The first-order valence-electron chi connectivity index (χ1n) is 6.68. The summed E-state index contributed by atoms with van der Waals surface area (Å²) in [5, 5.41) is 14.1. The number of hydrogen-bond donors (Lipinski definition) is 3. The average Bonchev–Trinajstić information content (AvgIpc) is 2.48. The third kappa shape index (κ3) is 2.49. The van der Waals surface area contributed by atoms with Gasteiger partial charge < -0.3 is 16.2 Å². The highest BCUT2D eigenvalue weighted by atomic mass is 16.3. The Morgan fingerprint density at radius 3 is 2.63 bits per heavy atom. The number of aromatic nitrogens is 1. The second-order valence-electron chi connectivity index (χ2n) is 4.87. The van der Waals surface area contributed by atoms with Crippen LogP contribution in [0.4, 0.5) is 11.4 Å². The summed E-state index contributed by atoms with van der Waals surface area (Å²) in [6.07, 6.45) is 3.44. The number of nitrogen functional groups attached to an aromatic ring is 1. The van der Waals surface area contributed by atoms with Crippen LogP contribution in [0, 0.1) is 0 Å². The molecule has 0 unspecified atom stereocenters. The SMILES string of the molecule is CCC(CC)(CO)Nc1ccc(N)c2ncccc12. The largest absolute Gasteiger partial charge is 0.397 e. The fourth-order valence-corrected chi connectivity index (χ4v) is 2.28. The normalized spacial score (nSPS) is 11.7. The molecule has 1 aromatic carbocycles. The van der Waals surface area contributed by atoms with E-state index >= 15 is 0 Å². The van der Waals surface area contributed by atoms with Crippen molar-refractivity contribution in [2.24, 2.45) is 0 Å². The fraction of sp³-hybridized carbons (Fsp3) is 0.400. The predicted octanol–water partition coefficient (Wildman–Crippen LogP) is 2.78. The van der Waals surface area contributed by atoms with Crippen LogP contribution in [0.25, 0.3) is 10.9 Å². The summed E-state index contributed by atoms with van der Waals surface area (Å²) in [7, 11) is 0. The van der Waals surface area contributed by atoms with E-state index in [2.05, 4.69) is 24.1 Å². The summed E-state index contributed by atoms with van der Waals surface area (Å²) in [6.45, 7) is 4.25. The number of nitrogens with two attached hydrogens (primary N) is 1. The van der Waals surface area contributed by atoms with Gasteiger partial charge in [0.05, 0.1) is 23.3 Å². The van der Waals surface area contributed by atoms with Gasteiger partial charge in [-0.1, -0.05) is 13.8 Å². The topological polar surface area (TPSA) is 71.2 Å². The number of pyridine rings is 1. The highest BCUT2D eigenvalue weighted by molar-refractivity contribution is 5.98. The van der Waals surface area contributed by atoms with E-state index in [4.69, 9.17) is 5.73 Å². The fourth-order valence-electron chi connectivity index (χ4n) is 2.28. The molecule has 0 aliphatic heterocycles. The Morgan fingerprint density at radius 2 is 2.00 bits per heavy atom. The summed E-state index contributed by atoms with van der Waals surface area (Å²) in [5.41, 5.74) is 8.09. The molecule has 0 bridgehead atoms. The molecule has 2 rings (SSSR count). The molecule has 1 heterocycles. The van der Waals surface area contributed by atoms with Crippen LogP contribution < -0.4 is 11.1 Å². The summed E-state index contributed by atoms with van der Waals surface area (Å²) < 4.78 is 0. The van der Waals surface area contributed by atoms with Crippen molar-refractivity contribution in [1.29, 1.82) is 0 Å². The van der Waals surface area contributed by atoms with Crippen molar-refractivity contribution in [2.45, 2.75) is 32.2 Å². The molecule has 19 heavy (non-hydrogen) atoms. The Balaban J connectivity index is 2.49. The number of hydrogen-bond acceptors (Lipinski definition) is 4. The number of rotatable bonds is 5. The summed E-state index contributed by atoms with van der Waals surface area (Å²) in [6, 6.07) is 7.69. The van der Waals surface area contributed by atoms with Gasteiger partial charge in [-0.25, -0.2) is 0 Å². The Kier molecular flexibility index (Phi) is 3.90.